The van der Waals surface area contributed by atoms with Gasteiger partial charge in [0.2, 0.25) is 0 Å². The molecule has 0 atom stereocenters. The molecule has 0 aromatic rings. The van der Waals surface area contributed by atoms with E-state index < -0.39 is 0 Å². The Balaban J connectivity index is -0.0000000535. The van der Waals surface area contributed by atoms with Crippen molar-refractivity contribution in [2.75, 3.05) is 0 Å². The molecule has 0 saturated heterocycles. The van der Waals surface area contributed by atoms with E-state index in [9.17, 15) is 0 Å². The van der Waals surface area contributed by atoms with Crippen LogP contribution in [0.1, 0.15) is 0 Å². The van der Waals surface area contributed by atoms with E-state index in [4.69, 9.17) is 11.1 Å². The van der Waals surface area contributed by atoms with Crippen LogP contribution in [-0.4, -0.2) is 12.7 Å². The Hall–Kier alpha value is -0.0305. The molecule has 89 valence electrons. The second kappa shape index (κ2) is 38.3. The minimum atomic E-state index is 0. The molecule has 12 heteroatoms. The first kappa shape index (κ1) is 23.6. The van der Waals surface area contributed by atoms with Crippen LogP contribution in [0, 0.1) is 11.1 Å². The van der Waals surface area contributed by atoms with Gasteiger partial charge in [0.25, 0.3) is 0 Å². The normalized spacial score (nSPS) is 7.86. The first-order chi connectivity index (χ1) is 6.24. The molecule has 0 bridgehead atoms. The van der Waals surface area contributed by atoms with Crippen molar-refractivity contribution in [2.24, 2.45) is 32.1 Å². The second-order valence-electron chi connectivity index (χ2n) is 0.830. The average Bonchev–Trinajstić information content (AvgIpc) is 2.09. The van der Waals surface area contributed by atoms with E-state index in [0.29, 0.717) is 0 Å². The van der Waals surface area contributed by atoms with Gasteiger partial charge in [-0.2, -0.15) is 23.7 Å². The van der Waals surface area contributed by atoms with E-state index in [0.717, 1.165) is 12.7 Å². The molecule has 14 heavy (non-hydrogen) atoms. The van der Waals surface area contributed by atoms with Gasteiger partial charge in [0.15, 0.2) is 12.7 Å². The monoisotopic (exact) mass is 399 g/mol. The zero-order valence-corrected chi connectivity index (χ0v) is 11.8. The van der Waals surface area contributed by atoms with E-state index in [1.165, 1.54) is 11.3 Å². The number of hydrogen-bond donors (Lipinski definition) is 4. The van der Waals surface area contributed by atoms with E-state index in [1.807, 2.05) is 0 Å². The van der Waals surface area contributed by atoms with Crippen molar-refractivity contribution >= 4 is 54.4 Å². The first-order valence-corrected chi connectivity index (χ1v) is 6.88. The Morgan fingerprint density at radius 1 is 1.00 bits per heavy atom. The van der Waals surface area contributed by atoms with Crippen LogP contribution in [0.15, 0.2) is 20.4 Å². The van der Waals surface area contributed by atoms with Crippen LogP contribution in [0.3, 0.4) is 0 Å². The minimum absolute atomic E-state index is 0. The van der Waals surface area contributed by atoms with Gasteiger partial charge >= 0.3 is 39.6 Å². The van der Waals surface area contributed by atoms with Crippen molar-refractivity contribution in [3.05, 3.63) is 0 Å². The third-order valence-electron chi connectivity index (χ3n) is 0.249. The maximum atomic E-state index is 6.00. The van der Waals surface area contributed by atoms with Gasteiger partial charge in [0, 0.05) is 0 Å². The molecule has 0 rings (SSSR count). The number of nitrogens with one attached hydrogen (secondary N) is 2. The summed E-state index contributed by atoms with van der Waals surface area (Å²) in [5.41, 5.74) is 12.0. The molecular weight excluding hydrogens is 391 g/mol. The fraction of sp³-hybridized carbons (Fsp3) is 0. The predicted molar refractivity (Wildman–Crippen MR) is 63.9 cm³/mol. The summed E-state index contributed by atoms with van der Waals surface area (Å²) in [6.07, 6.45) is 1.89. The summed E-state index contributed by atoms with van der Waals surface area (Å²) < 4.78 is 0. The molecule has 0 aliphatic carbocycles. The first-order valence-electron chi connectivity index (χ1n) is 2.22. The van der Waals surface area contributed by atoms with Crippen molar-refractivity contribution in [3.8, 4) is 0 Å². The third-order valence-corrected chi connectivity index (χ3v) is 0.249. The van der Waals surface area contributed by atoms with Crippen molar-refractivity contribution in [2.45, 2.75) is 0 Å². The molecule has 0 amide bonds. The molecule has 0 aliphatic heterocycles. The fourth-order valence-corrected chi connectivity index (χ4v) is 0.0667. The quantitative estimate of drug-likeness (QED) is 0.139. The van der Waals surface area contributed by atoms with Crippen molar-refractivity contribution in [1.82, 2.24) is 0 Å². The number of rotatable bonds is 2. The molecule has 0 saturated carbocycles. The van der Waals surface area contributed by atoms with E-state index in [-0.39, 0.29) is 13.5 Å². The Kier molecular flexibility index (Phi) is 64.6. The molecule has 0 spiro atoms. The molecule has 0 fully saturated rings. The summed E-state index contributed by atoms with van der Waals surface area (Å²) in [5, 5.41) is 11.1. The van der Waals surface area contributed by atoms with Gasteiger partial charge in [0.1, 0.15) is 0 Å². The second-order valence-corrected chi connectivity index (χ2v) is 5.58. The number of halogens is 2. The van der Waals surface area contributed by atoms with Crippen LogP contribution in [0.25, 0.3) is 0 Å². The molecular formula is C2H10Br2CuN8S. The van der Waals surface area contributed by atoms with Crippen LogP contribution in [0.4, 0.5) is 0 Å². The van der Waals surface area contributed by atoms with Gasteiger partial charge < -0.3 is 11.7 Å². The van der Waals surface area contributed by atoms with Crippen LogP contribution >= 0.6 is 41.7 Å². The molecule has 0 unspecified atom stereocenters. The van der Waals surface area contributed by atoms with Crippen molar-refractivity contribution < 1.29 is 11.3 Å². The molecule has 0 radical (unpaired) electrons. The third kappa shape index (κ3) is 91.4. The average molecular weight is 402 g/mol. The number of hydrazone groups is 2. The van der Waals surface area contributed by atoms with Crippen LogP contribution in [0.2, 0.25) is 0 Å². The molecule has 0 aromatic heterocycles. The Labute approximate surface area is 108 Å². The SMILES string of the molecule is N=NC=NN.N=NC=NN.S.[Br][Cu][Br]. The van der Waals surface area contributed by atoms with Gasteiger partial charge in [0.05, 0.1) is 0 Å². The topological polar surface area (TPSA) is 149 Å². The molecule has 0 aromatic carbocycles. The van der Waals surface area contributed by atoms with E-state index >= 15 is 0 Å². The Morgan fingerprint density at radius 3 is 1.21 bits per heavy atom. The summed E-state index contributed by atoms with van der Waals surface area (Å²) >= 11 is 7.38. The molecule has 6 N–H and O–H groups in total. The summed E-state index contributed by atoms with van der Waals surface area (Å²) in [4.78, 5) is 0. The Bertz CT molecular complexity index is 136. The molecule has 8 nitrogen and oxygen atoms in total. The molecule has 0 heterocycles. The number of nitrogens with two attached hydrogens (primary N) is 2. The summed E-state index contributed by atoms with van der Waals surface area (Å²) in [7, 11) is 0. The summed E-state index contributed by atoms with van der Waals surface area (Å²) in [6, 6.07) is 0. The van der Waals surface area contributed by atoms with Crippen LogP contribution < -0.4 is 11.7 Å². The number of hydrogen-bond acceptors (Lipinski definition) is 6. The van der Waals surface area contributed by atoms with Crippen molar-refractivity contribution in [3.63, 3.8) is 0 Å². The van der Waals surface area contributed by atoms with Crippen LogP contribution in [0.5, 0.6) is 0 Å². The van der Waals surface area contributed by atoms with Gasteiger partial charge in [-0.05, 0) is 0 Å². The predicted octanol–water partition coefficient (Wildman–Crippen LogP) is 1.64. The van der Waals surface area contributed by atoms with E-state index in [2.05, 4.69) is 60.3 Å². The summed E-state index contributed by atoms with van der Waals surface area (Å²) in [5.74, 6) is 8.99. The zero-order chi connectivity index (χ0) is 10.9. The van der Waals surface area contributed by atoms with Crippen LogP contribution in [-0.2, 0) is 11.3 Å². The van der Waals surface area contributed by atoms with Gasteiger partial charge in [-0.25, -0.2) is 11.1 Å². The van der Waals surface area contributed by atoms with Crippen molar-refractivity contribution in [1.29, 1.82) is 11.1 Å². The zero-order valence-electron chi connectivity index (χ0n) is 6.66. The maximum absolute atomic E-state index is 6.00. The van der Waals surface area contributed by atoms with Gasteiger partial charge in [-0.3, -0.25) is 0 Å². The summed E-state index contributed by atoms with van der Waals surface area (Å²) in [6.45, 7) is 0. The fourth-order valence-electron chi connectivity index (χ4n) is 0.0667. The van der Waals surface area contributed by atoms with Gasteiger partial charge in [-0.1, -0.05) is 0 Å². The Morgan fingerprint density at radius 2 is 1.21 bits per heavy atom. The standard InChI is InChI=1S/2CH4N4.2BrH.Cu.H2S/c2*2-4-1-5-3;;;;/h2*1-2H,3H2;2*1H;;1H2/q;;;;+2;/p-2. The van der Waals surface area contributed by atoms with Gasteiger partial charge in [-0.15, -0.1) is 10.2 Å². The molecule has 0 aliphatic rings. The number of nitrogens with zero attached hydrogens (tertiary/aromatic N) is 4. The van der Waals surface area contributed by atoms with E-state index in [1.54, 1.807) is 0 Å².